The summed E-state index contributed by atoms with van der Waals surface area (Å²) in [4.78, 5) is 11.6. The standard InChI is InChI=1S/C17H32O2/c1-4-6-8-9-10-11-12-13-15-16(14-7-5-2)17(18)19-3/h15H,4-14H2,1-3H3. The smallest absolute Gasteiger partial charge is 0.333 e. The highest BCUT2D eigenvalue weighted by Crippen LogP contribution is 2.13. The number of hydrogen-bond acceptors (Lipinski definition) is 2. The summed E-state index contributed by atoms with van der Waals surface area (Å²) in [5.41, 5.74) is 0.871. The third kappa shape index (κ3) is 10.8. The zero-order valence-electron chi connectivity index (χ0n) is 13.2. The van der Waals surface area contributed by atoms with Crippen LogP contribution in [0.15, 0.2) is 11.6 Å². The lowest BCUT2D eigenvalue weighted by Gasteiger charge is -2.05. The average Bonchev–Trinajstić information content (AvgIpc) is 2.44. The number of methoxy groups -OCH3 is 1. The van der Waals surface area contributed by atoms with Crippen molar-refractivity contribution in [2.75, 3.05) is 7.11 Å². The molecule has 0 saturated heterocycles. The van der Waals surface area contributed by atoms with Gasteiger partial charge in [-0.25, -0.2) is 4.79 Å². The Balaban J connectivity index is 3.75. The van der Waals surface area contributed by atoms with Crippen LogP contribution in [0.1, 0.15) is 84.5 Å². The Morgan fingerprint density at radius 3 is 2.05 bits per heavy atom. The first-order valence-electron chi connectivity index (χ1n) is 8.03. The van der Waals surface area contributed by atoms with Gasteiger partial charge in [0, 0.05) is 5.57 Å². The van der Waals surface area contributed by atoms with E-state index in [1.165, 1.54) is 52.1 Å². The molecule has 0 rings (SSSR count). The van der Waals surface area contributed by atoms with E-state index in [-0.39, 0.29) is 5.97 Å². The lowest BCUT2D eigenvalue weighted by Crippen LogP contribution is -2.04. The summed E-state index contributed by atoms with van der Waals surface area (Å²) < 4.78 is 4.82. The van der Waals surface area contributed by atoms with E-state index in [1.807, 2.05) is 0 Å². The lowest BCUT2D eigenvalue weighted by molar-refractivity contribution is -0.136. The fourth-order valence-corrected chi connectivity index (χ4v) is 2.16. The molecule has 0 saturated carbocycles. The minimum Gasteiger partial charge on any atom is -0.466 e. The quantitative estimate of drug-likeness (QED) is 0.268. The highest BCUT2D eigenvalue weighted by Gasteiger charge is 2.07. The van der Waals surface area contributed by atoms with Crippen molar-refractivity contribution in [3.63, 3.8) is 0 Å². The summed E-state index contributed by atoms with van der Waals surface area (Å²) in [6.07, 6.45) is 15.4. The van der Waals surface area contributed by atoms with Crippen molar-refractivity contribution in [1.29, 1.82) is 0 Å². The van der Waals surface area contributed by atoms with Crippen molar-refractivity contribution in [3.05, 3.63) is 11.6 Å². The minimum absolute atomic E-state index is 0.142. The molecule has 112 valence electrons. The van der Waals surface area contributed by atoms with Gasteiger partial charge in [0.05, 0.1) is 7.11 Å². The number of unbranched alkanes of at least 4 members (excludes halogenated alkanes) is 8. The molecular formula is C17H32O2. The Morgan fingerprint density at radius 1 is 0.895 bits per heavy atom. The second-order valence-corrected chi connectivity index (χ2v) is 5.23. The molecule has 0 aliphatic heterocycles. The normalized spacial score (nSPS) is 11.6. The van der Waals surface area contributed by atoms with Gasteiger partial charge in [-0.05, 0) is 25.7 Å². The van der Waals surface area contributed by atoms with Crippen LogP contribution in [-0.2, 0) is 9.53 Å². The molecule has 0 spiro atoms. The van der Waals surface area contributed by atoms with Crippen molar-refractivity contribution in [2.24, 2.45) is 0 Å². The van der Waals surface area contributed by atoms with E-state index in [2.05, 4.69) is 19.9 Å². The van der Waals surface area contributed by atoms with Crippen LogP contribution < -0.4 is 0 Å². The molecule has 0 amide bonds. The molecule has 0 fully saturated rings. The summed E-state index contributed by atoms with van der Waals surface area (Å²) in [5.74, 6) is -0.142. The number of ether oxygens (including phenoxy) is 1. The minimum atomic E-state index is -0.142. The maximum atomic E-state index is 11.6. The Kier molecular flexibility index (Phi) is 13.1. The highest BCUT2D eigenvalue weighted by molar-refractivity contribution is 5.88. The summed E-state index contributed by atoms with van der Waals surface area (Å²) in [6.45, 7) is 4.39. The van der Waals surface area contributed by atoms with Crippen LogP contribution in [0.2, 0.25) is 0 Å². The van der Waals surface area contributed by atoms with Gasteiger partial charge < -0.3 is 4.74 Å². The Morgan fingerprint density at radius 2 is 1.47 bits per heavy atom. The van der Waals surface area contributed by atoms with E-state index in [1.54, 1.807) is 0 Å². The summed E-state index contributed by atoms with van der Waals surface area (Å²) in [7, 11) is 1.47. The van der Waals surface area contributed by atoms with Gasteiger partial charge in [-0.15, -0.1) is 0 Å². The molecule has 2 nitrogen and oxygen atoms in total. The predicted octanol–water partition coefficient (Wildman–Crippen LogP) is 5.42. The average molecular weight is 268 g/mol. The number of esters is 1. The molecule has 19 heavy (non-hydrogen) atoms. The summed E-state index contributed by atoms with van der Waals surface area (Å²) >= 11 is 0. The SMILES string of the molecule is CCCCCCCCCC=C(CCCC)C(=O)OC. The van der Waals surface area contributed by atoms with Gasteiger partial charge in [0.2, 0.25) is 0 Å². The lowest BCUT2D eigenvalue weighted by atomic mass is 10.0. The van der Waals surface area contributed by atoms with Crippen LogP contribution in [0.5, 0.6) is 0 Å². The largest absolute Gasteiger partial charge is 0.466 e. The fourth-order valence-electron chi connectivity index (χ4n) is 2.16. The van der Waals surface area contributed by atoms with E-state index in [0.717, 1.165) is 31.3 Å². The van der Waals surface area contributed by atoms with Gasteiger partial charge in [-0.2, -0.15) is 0 Å². The number of rotatable bonds is 12. The van der Waals surface area contributed by atoms with Crippen LogP contribution in [-0.4, -0.2) is 13.1 Å². The van der Waals surface area contributed by atoms with E-state index in [0.29, 0.717) is 0 Å². The molecule has 0 unspecified atom stereocenters. The van der Waals surface area contributed by atoms with E-state index >= 15 is 0 Å². The number of carbonyl (C=O) groups is 1. The maximum Gasteiger partial charge on any atom is 0.333 e. The van der Waals surface area contributed by atoms with Crippen molar-refractivity contribution in [2.45, 2.75) is 84.5 Å². The van der Waals surface area contributed by atoms with Gasteiger partial charge in [0.15, 0.2) is 0 Å². The molecule has 0 aliphatic rings. The predicted molar refractivity (Wildman–Crippen MR) is 82.2 cm³/mol. The molecule has 0 aromatic rings. The van der Waals surface area contributed by atoms with Crippen LogP contribution in [0.3, 0.4) is 0 Å². The topological polar surface area (TPSA) is 26.3 Å². The highest BCUT2D eigenvalue weighted by atomic mass is 16.5. The molecule has 0 N–H and O–H groups in total. The van der Waals surface area contributed by atoms with Crippen molar-refractivity contribution in [1.82, 2.24) is 0 Å². The van der Waals surface area contributed by atoms with Crippen LogP contribution in [0.4, 0.5) is 0 Å². The van der Waals surface area contributed by atoms with E-state index in [4.69, 9.17) is 4.74 Å². The third-order valence-corrected chi connectivity index (χ3v) is 3.45. The summed E-state index contributed by atoms with van der Waals surface area (Å²) in [5, 5.41) is 0. The van der Waals surface area contributed by atoms with Gasteiger partial charge >= 0.3 is 5.97 Å². The molecule has 0 atom stereocenters. The van der Waals surface area contributed by atoms with Gasteiger partial charge in [0.25, 0.3) is 0 Å². The van der Waals surface area contributed by atoms with Gasteiger partial charge in [-0.1, -0.05) is 64.9 Å². The zero-order valence-corrected chi connectivity index (χ0v) is 13.2. The molecule has 0 heterocycles. The molecular weight excluding hydrogens is 236 g/mol. The molecule has 0 aromatic carbocycles. The van der Waals surface area contributed by atoms with Crippen LogP contribution in [0.25, 0.3) is 0 Å². The first-order chi connectivity index (χ1) is 9.26. The molecule has 0 bridgehead atoms. The molecule has 0 radical (unpaired) electrons. The Bertz CT molecular complexity index is 244. The van der Waals surface area contributed by atoms with E-state index < -0.39 is 0 Å². The van der Waals surface area contributed by atoms with Crippen molar-refractivity contribution < 1.29 is 9.53 Å². The number of hydrogen-bond donors (Lipinski definition) is 0. The zero-order chi connectivity index (χ0) is 14.3. The van der Waals surface area contributed by atoms with Crippen molar-refractivity contribution >= 4 is 5.97 Å². The molecule has 0 aliphatic carbocycles. The van der Waals surface area contributed by atoms with Gasteiger partial charge in [-0.3, -0.25) is 0 Å². The van der Waals surface area contributed by atoms with Crippen LogP contribution in [0, 0.1) is 0 Å². The fraction of sp³-hybridized carbons (Fsp3) is 0.824. The molecule has 0 aromatic heterocycles. The second-order valence-electron chi connectivity index (χ2n) is 5.23. The summed E-state index contributed by atoms with van der Waals surface area (Å²) in [6, 6.07) is 0. The second kappa shape index (κ2) is 13.6. The first-order valence-corrected chi connectivity index (χ1v) is 8.03. The maximum absolute atomic E-state index is 11.6. The van der Waals surface area contributed by atoms with Gasteiger partial charge in [0.1, 0.15) is 0 Å². The number of allylic oxidation sites excluding steroid dienone is 1. The monoisotopic (exact) mass is 268 g/mol. The Labute approximate surface area is 119 Å². The third-order valence-electron chi connectivity index (χ3n) is 3.45. The first kappa shape index (κ1) is 18.2. The molecule has 2 heteroatoms. The Hall–Kier alpha value is -0.790. The van der Waals surface area contributed by atoms with Crippen molar-refractivity contribution in [3.8, 4) is 0 Å². The van der Waals surface area contributed by atoms with E-state index in [9.17, 15) is 4.79 Å². The number of carbonyl (C=O) groups excluding carboxylic acids is 1. The van der Waals surface area contributed by atoms with Crippen LogP contribution >= 0.6 is 0 Å².